The van der Waals surface area contributed by atoms with Gasteiger partial charge in [0, 0.05) is 24.1 Å². The fraction of sp³-hybridized carbons (Fsp3) is 0.412. The number of carbonyl (C=O) groups excluding carboxylic acids is 1. The Kier molecular flexibility index (Phi) is 3.84. The topological polar surface area (TPSA) is 65.4 Å². The van der Waals surface area contributed by atoms with Crippen LogP contribution < -0.4 is 14.8 Å². The normalized spacial score (nSPS) is 21.9. The highest BCUT2D eigenvalue weighted by atomic mass is 35.5. The SMILES string of the molecule is C[C@H]1CCn2nc(C(=O)NC3COc4ccc(Cl)cc4C3)cc2O1. The number of benzene rings is 1. The number of halogens is 1. The van der Waals surface area contributed by atoms with Crippen LogP contribution in [0, 0.1) is 0 Å². The van der Waals surface area contributed by atoms with Crippen molar-refractivity contribution in [2.24, 2.45) is 0 Å². The van der Waals surface area contributed by atoms with Gasteiger partial charge in [0.15, 0.2) is 5.69 Å². The summed E-state index contributed by atoms with van der Waals surface area (Å²) in [7, 11) is 0. The van der Waals surface area contributed by atoms with E-state index in [1.54, 1.807) is 16.8 Å². The van der Waals surface area contributed by atoms with Crippen molar-refractivity contribution >= 4 is 17.5 Å². The lowest BCUT2D eigenvalue weighted by Gasteiger charge is -2.25. The highest BCUT2D eigenvalue weighted by molar-refractivity contribution is 6.30. The third-order valence-corrected chi connectivity index (χ3v) is 4.54. The van der Waals surface area contributed by atoms with Gasteiger partial charge in [-0.1, -0.05) is 11.6 Å². The summed E-state index contributed by atoms with van der Waals surface area (Å²) < 4.78 is 13.1. The molecule has 2 aliphatic rings. The first kappa shape index (κ1) is 15.3. The van der Waals surface area contributed by atoms with Gasteiger partial charge in [-0.2, -0.15) is 5.10 Å². The monoisotopic (exact) mass is 347 g/mol. The number of nitrogens with zero attached hydrogens (tertiary/aromatic N) is 2. The van der Waals surface area contributed by atoms with Crippen molar-refractivity contribution in [2.75, 3.05) is 6.61 Å². The molecule has 3 heterocycles. The van der Waals surface area contributed by atoms with Crippen molar-refractivity contribution in [1.82, 2.24) is 15.1 Å². The number of rotatable bonds is 2. The molecule has 7 heteroatoms. The molecule has 0 saturated carbocycles. The molecule has 0 saturated heterocycles. The molecule has 0 bridgehead atoms. The van der Waals surface area contributed by atoms with Crippen LogP contribution in [0.3, 0.4) is 0 Å². The molecule has 4 rings (SSSR count). The first-order valence-corrected chi connectivity index (χ1v) is 8.43. The fourth-order valence-corrected chi connectivity index (χ4v) is 3.24. The van der Waals surface area contributed by atoms with Gasteiger partial charge in [0.1, 0.15) is 12.4 Å². The first-order valence-electron chi connectivity index (χ1n) is 8.05. The Morgan fingerprint density at radius 1 is 1.42 bits per heavy atom. The van der Waals surface area contributed by atoms with Crippen LogP contribution in [-0.4, -0.2) is 34.4 Å². The molecule has 1 unspecified atom stereocenters. The van der Waals surface area contributed by atoms with Gasteiger partial charge in [-0.3, -0.25) is 4.79 Å². The molecule has 1 aromatic heterocycles. The van der Waals surface area contributed by atoms with Crippen molar-refractivity contribution in [1.29, 1.82) is 0 Å². The molecule has 1 N–H and O–H groups in total. The van der Waals surface area contributed by atoms with Crippen LogP contribution in [0.4, 0.5) is 0 Å². The van der Waals surface area contributed by atoms with Crippen LogP contribution >= 0.6 is 11.6 Å². The lowest BCUT2D eigenvalue weighted by molar-refractivity contribution is 0.0909. The number of hydrogen-bond acceptors (Lipinski definition) is 4. The number of hydrogen-bond donors (Lipinski definition) is 1. The highest BCUT2D eigenvalue weighted by Gasteiger charge is 2.25. The molecule has 6 nitrogen and oxygen atoms in total. The second kappa shape index (κ2) is 6.02. The van der Waals surface area contributed by atoms with E-state index >= 15 is 0 Å². The van der Waals surface area contributed by atoms with Crippen molar-refractivity contribution in [3.63, 3.8) is 0 Å². The zero-order valence-corrected chi connectivity index (χ0v) is 14.0. The van der Waals surface area contributed by atoms with E-state index in [-0.39, 0.29) is 18.1 Å². The van der Waals surface area contributed by atoms with Gasteiger partial charge in [0.25, 0.3) is 5.91 Å². The number of aryl methyl sites for hydroxylation is 1. The van der Waals surface area contributed by atoms with Gasteiger partial charge >= 0.3 is 0 Å². The van der Waals surface area contributed by atoms with Gasteiger partial charge in [-0.15, -0.1) is 0 Å². The average molecular weight is 348 g/mol. The average Bonchev–Trinajstić information content (AvgIpc) is 2.97. The number of fused-ring (bicyclic) bond motifs is 2. The first-order chi connectivity index (χ1) is 11.6. The summed E-state index contributed by atoms with van der Waals surface area (Å²) in [5.74, 6) is 1.26. The second-order valence-electron chi connectivity index (χ2n) is 6.25. The third-order valence-electron chi connectivity index (χ3n) is 4.31. The summed E-state index contributed by atoms with van der Waals surface area (Å²) in [5.41, 5.74) is 1.37. The fourth-order valence-electron chi connectivity index (χ4n) is 3.05. The van der Waals surface area contributed by atoms with Gasteiger partial charge in [-0.05, 0) is 37.1 Å². The van der Waals surface area contributed by atoms with E-state index in [9.17, 15) is 4.79 Å². The van der Waals surface area contributed by atoms with Crippen LogP contribution in [0.2, 0.25) is 5.02 Å². The zero-order chi connectivity index (χ0) is 16.7. The lowest BCUT2D eigenvalue weighted by Crippen LogP contribution is -2.42. The lowest BCUT2D eigenvalue weighted by atomic mass is 10.0. The van der Waals surface area contributed by atoms with Crippen molar-refractivity contribution in [3.05, 3.63) is 40.5 Å². The maximum atomic E-state index is 12.5. The molecule has 24 heavy (non-hydrogen) atoms. The summed E-state index contributed by atoms with van der Waals surface area (Å²) in [5, 5.41) is 7.97. The Bertz CT molecular complexity index is 789. The van der Waals surface area contributed by atoms with E-state index < -0.39 is 0 Å². The summed E-state index contributed by atoms with van der Waals surface area (Å²) in [6.45, 7) is 3.21. The molecule has 2 aliphatic heterocycles. The highest BCUT2D eigenvalue weighted by Crippen LogP contribution is 2.28. The van der Waals surface area contributed by atoms with E-state index in [4.69, 9.17) is 21.1 Å². The summed E-state index contributed by atoms with van der Waals surface area (Å²) in [6, 6.07) is 7.12. The van der Waals surface area contributed by atoms with E-state index in [0.717, 1.165) is 24.3 Å². The maximum absolute atomic E-state index is 12.5. The van der Waals surface area contributed by atoms with Gasteiger partial charge in [0.2, 0.25) is 5.88 Å². The Hall–Kier alpha value is -2.21. The minimum Gasteiger partial charge on any atom is -0.491 e. The van der Waals surface area contributed by atoms with Gasteiger partial charge in [-0.25, -0.2) is 4.68 Å². The molecule has 0 radical (unpaired) electrons. The molecular weight excluding hydrogens is 330 g/mol. The Balaban J connectivity index is 1.45. The van der Waals surface area contributed by atoms with Crippen LogP contribution in [0.5, 0.6) is 11.6 Å². The summed E-state index contributed by atoms with van der Waals surface area (Å²) in [6.07, 6.45) is 1.73. The molecule has 2 atom stereocenters. The zero-order valence-electron chi connectivity index (χ0n) is 13.3. The number of aromatic nitrogens is 2. The molecule has 0 spiro atoms. The van der Waals surface area contributed by atoms with Gasteiger partial charge < -0.3 is 14.8 Å². The molecular formula is C17H18ClN3O3. The predicted octanol–water partition coefficient (Wildman–Crippen LogP) is 2.44. The molecule has 2 aromatic rings. The van der Waals surface area contributed by atoms with E-state index in [1.165, 1.54) is 0 Å². The van der Waals surface area contributed by atoms with Crippen LogP contribution in [0.1, 0.15) is 29.4 Å². The van der Waals surface area contributed by atoms with Crippen molar-refractivity contribution in [3.8, 4) is 11.6 Å². The second-order valence-corrected chi connectivity index (χ2v) is 6.68. The number of carbonyl (C=O) groups is 1. The molecule has 126 valence electrons. The molecule has 0 fully saturated rings. The van der Waals surface area contributed by atoms with E-state index in [1.807, 2.05) is 19.1 Å². The summed E-state index contributed by atoms with van der Waals surface area (Å²) in [4.78, 5) is 12.5. The minimum absolute atomic E-state index is 0.109. The van der Waals surface area contributed by atoms with Crippen molar-refractivity contribution in [2.45, 2.75) is 38.5 Å². The number of nitrogens with one attached hydrogen (secondary N) is 1. The minimum atomic E-state index is -0.216. The number of amides is 1. The van der Waals surface area contributed by atoms with E-state index in [2.05, 4.69) is 10.4 Å². The van der Waals surface area contributed by atoms with Gasteiger partial charge in [0.05, 0.1) is 12.1 Å². The van der Waals surface area contributed by atoms with Crippen LogP contribution in [-0.2, 0) is 13.0 Å². The maximum Gasteiger partial charge on any atom is 0.272 e. The largest absolute Gasteiger partial charge is 0.491 e. The number of ether oxygens (including phenoxy) is 2. The van der Waals surface area contributed by atoms with Crippen LogP contribution in [0.15, 0.2) is 24.3 Å². The Morgan fingerprint density at radius 3 is 3.17 bits per heavy atom. The molecule has 0 aliphatic carbocycles. The molecule has 1 aromatic carbocycles. The quantitative estimate of drug-likeness (QED) is 0.906. The third kappa shape index (κ3) is 2.94. The predicted molar refractivity (Wildman–Crippen MR) is 88.8 cm³/mol. The van der Waals surface area contributed by atoms with Crippen molar-refractivity contribution < 1.29 is 14.3 Å². The van der Waals surface area contributed by atoms with E-state index in [0.29, 0.717) is 29.6 Å². The standard InChI is InChI=1S/C17H18ClN3O3/c1-10-4-5-21-16(24-10)8-14(20-21)17(22)19-13-7-11-6-12(18)2-3-15(11)23-9-13/h2-3,6,8,10,13H,4-5,7,9H2,1H3,(H,19,22)/t10-,13?/m0/s1. The summed E-state index contributed by atoms with van der Waals surface area (Å²) >= 11 is 6.03. The molecule has 1 amide bonds. The Labute approximate surface area is 144 Å². The van der Waals surface area contributed by atoms with Crippen LogP contribution in [0.25, 0.3) is 0 Å². The Morgan fingerprint density at radius 2 is 2.29 bits per heavy atom. The smallest absolute Gasteiger partial charge is 0.272 e.